The van der Waals surface area contributed by atoms with Crippen LogP contribution in [0.5, 0.6) is 0 Å². The number of rotatable bonds is 2. The van der Waals surface area contributed by atoms with Gasteiger partial charge in [0.1, 0.15) is 0 Å². The fraction of sp³-hybridized carbons (Fsp3) is 0.308. The van der Waals surface area contributed by atoms with E-state index in [9.17, 15) is 0 Å². The molecule has 0 fully saturated rings. The highest BCUT2D eigenvalue weighted by Gasteiger charge is 2.09. The van der Waals surface area contributed by atoms with E-state index in [0.29, 0.717) is 16.9 Å². The lowest BCUT2D eigenvalue weighted by molar-refractivity contribution is 0.865. The highest BCUT2D eigenvalue weighted by molar-refractivity contribution is 6.29. The zero-order valence-corrected chi connectivity index (χ0v) is 10.9. The molecule has 0 bridgehead atoms. The first-order chi connectivity index (χ1) is 8.08. The Balaban J connectivity index is 2.54. The van der Waals surface area contributed by atoms with E-state index in [0.717, 1.165) is 11.1 Å². The molecule has 0 radical (unpaired) electrons. The smallest absolute Gasteiger partial charge is 0.183 e. The predicted molar refractivity (Wildman–Crippen MR) is 69.1 cm³/mol. The number of benzene rings is 1. The van der Waals surface area contributed by atoms with E-state index in [1.807, 2.05) is 6.92 Å². The number of nitrogens with zero attached hydrogens (tertiary/aromatic N) is 3. The van der Waals surface area contributed by atoms with E-state index in [4.69, 9.17) is 11.6 Å². The molecule has 17 heavy (non-hydrogen) atoms. The number of hydrogen-bond acceptors (Lipinski definition) is 3. The molecule has 3 nitrogen and oxygen atoms in total. The lowest BCUT2D eigenvalue weighted by atomic mass is 9.97. The molecule has 0 aliphatic carbocycles. The van der Waals surface area contributed by atoms with Gasteiger partial charge < -0.3 is 0 Å². The first-order valence-electron chi connectivity index (χ1n) is 5.54. The summed E-state index contributed by atoms with van der Waals surface area (Å²) in [7, 11) is 0. The standard InChI is InChI=1S/C13H14ClN3/c1-8(2)10-5-4-9(3)11(6-10)13-16-12(14)7-15-17-13/h4-8H,1-3H3. The largest absolute Gasteiger partial charge is 0.213 e. The molecule has 0 aliphatic rings. The zero-order chi connectivity index (χ0) is 12.4. The van der Waals surface area contributed by atoms with Crippen LogP contribution in [0.15, 0.2) is 24.4 Å². The van der Waals surface area contributed by atoms with Crippen LogP contribution >= 0.6 is 11.6 Å². The van der Waals surface area contributed by atoms with Crippen molar-refractivity contribution < 1.29 is 0 Å². The van der Waals surface area contributed by atoms with Crippen LogP contribution in [0.1, 0.15) is 30.9 Å². The zero-order valence-electron chi connectivity index (χ0n) is 10.1. The van der Waals surface area contributed by atoms with E-state index < -0.39 is 0 Å². The third kappa shape index (κ3) is 2.61. The van der Waals surface area contributed by atoms with Gasteiger partial charge in [0, 0.05) is 5.56 Å². The highest BCUT2D eigenvalue weighted by Crippen LogP contribution is 2.25. The van der Waals surface area contributed by atoms with Gasteiger partial charge in [0.15, 0.2) is 11.0 Å². The summed E-state index contributed by atoms with van der Waals surface area (Å²) in [6.07, 6.45) is 1.44. The van der Waals surface area contributed by atoms with E-state index >= 15 is 0 Å². The third-order valence-electron chi connectivity index (χ3n) is 2.70. The molecule has 1 heterocycles. The minimum Gasteiger partial charge on any atom is -0.213 e. The Labute approximate surface area is 106 Å². The molecule has 2 aromatic rings. The molecular weight excluding hydrogens is 234 g/mol. The van der Waals surface area contributed by atoms with Crippen LogP contribution in [-0.4, -0.2) is 15.2 Å². The van der Waals surface area contributed by atoms with Crippen LogP contribution in [-0.2, 0) is 0 Å². The average molecular weight is 248 g/mol. The average Bonchev–Trinajstić information content (AvgIpc) is 2.29. The molecule has 0 unspecified atom stereocenters. The SMILES string of the molecule is Cc1ccc(C(C)C)cc1-c1nncc(Cl)n1. The number of aryl methyl sites for hydroxylation is 1. The molecule has 0 spiro atoms. The Hall–Kier alpha value is -1.48. The Kier molecular flexibility index (Phi) is 3.38. The Bertz CT molecular complexity index is 538. The second-order valence-electron chi connectivity index (χ2n) is 4.33. The molecule has 88 valence electrons. The van der Waals surface area contributed by atoms with Crippen LogP contribution in [0, 0.1) is 6.92 Å². The fourth-order valence-electron chi connectivity index (χ4n) is 1.64. The molecule has 0 N–H and O–H groups in total. The molecule has 0 atom stereocenters. The predicted octanol–water partition coefficient (Wildman–Crippen LogP) is 3.62. The molecule has 4 heteroatoms. The summed E-state index contributed by atoms with van der Waals surface area (Å²) in [5.41, 5.74) is 3.37. The molecule has 0 saturated carbocycles. The minimum atomic E-state index is 0.365. The van der Waals surface area contributed by atoms with Gasteiger partial charge in [0.25, 0.3) is 0 Å². The molecule has 0 saturated heterocycles. The van der Waals surface area contributed by atoms with Gasteiger partial charge in [-0.1, -0.05) is 37.6 Å². The van der Waals surface area contributed by atoms with Crippen molar-refractivity contribution in [3.05, 3.63) is 40.7 Å². The van der Waals surface area contributed by atoms with Gasteiger partial charge in [-0.15, -0.1) is 5.10 Å². The topological polar surface area (TPSA) is 38.7 Å². The van der Waals surface area contributed by atoms with Crippen molar-refractivity contribution in [3.8, 4) is 11.4 Å². The maximum Gasteiger partial charge on any atom is 0.183 e. The quantitative estimate of drug-likeness (QED) is 0.814. The van der Waals surface area contributed by atoms with E-state index in [1.54, 1.807) is 0 Å². The first kappa shape index (κ1) is 12.0. The van der Waals surface area contributed by atoms with Crippen molar-refractivity contribution in [2.24, 2.45) is 0 Å². The summed E-state index contributed by atoms with van der Waals surface area (Å²) in [5, 5.41) is 8.22. The maximum absolute atomic E-state index is 5.84. The summed E-state index contributed by atoms with van der Waals surface area (Å²) in [4.78, 5) is 4.20. The van der Waals surface area contributed by atoms with Crippen LogP contribution in [0.2, 0.25) is 5.15 Å². The van der Waals surface area contributed by atoms with Gasteiger partial charge in [0.05, 0.1) is 6.20 Å². The van der Waals surface area contributed by atoms with Gasteiger partial charge in [0.2, 0.25) is 0 Å². The summed E-state index contributed by atoms with van der Waals surface area (Å²) < 4.78 is 0. The Morgan fingerprint density at radius 3 is 2.65 bits per heavy atom. The minimum absolute atomic E-state index is 0.365. The lowest BCUT2D eigenvalue weighted by Gasteiger charge is -2.09. The number of aromatic nitrogens is 3. The van der Waals surface area contributed by atoms with Crippen molar-refractivity contribution >= 4 is 11.6 Å². The Morgan fingerprint density at radius 1 is 1.24 bits per heavy atom. The first-order valence-corrected chi connectivity index (χ1v) is 5.92. The molecule has 1 aromatic carbocycles. The van der Waals surface area contributed by atoms with E-state index in [1.165, 1.54) is 11.8 Å². The number of hydrogen-bond donors (Lipinski definition) is 0. The van der Waals surface area contributed by atoms with Gasteiger partial charge in [-0.3, -0.25) is 0 Å². The molecular formula is C13H14ClN3. The van der Waals surface area contributed by atoms with Gasteiger partial charge >= 0.3 is 0 Å². The second-order valence-corrected chi connectivity index (χ2v) is 4.72. The Morgan fingerprint density at radius 2 is 2.00 bits per heavy atom. The van der Waals surface area contributed by atoms with Crippen LogP contribution in [0.3, 0.4) is 0 Å². The fourth-order valence-corrected chi connectivity index (χ4v) is 1.76. The van der Waals surface area contributed by atoms with Crippen LogP contribution in [0.4, 0.5) is 0 Å². The third-order valence-corrected chi connectivity index (χ3v) is 2.88. The maximum atomic E-state index is 5.84. The van der Waals surface area contributed by atoms with Crippen LogP contribution < -0.4 is 0 Å². The summed E-state index contributed by atoms with van der Waals surface area (Å²) in [6, 6.07) is 6.31. The molecule has 2 rings (SSSR count). The van der Waals surface area contributed by atoms with Crippen molar-refractivity contribution in [2.45, 2.75) is 26.7 Å². The van der Waals surface area contributed by atoms with Crippen LogP contribution in [0.25, 0.3) is 11.4 Å². The highest BCUT2D eigenvalue weighted by atomic mass is 35.5. The van der Waals surface area contributed by atoms with Crippen molar-refractivity contribution in [3.63, 3.8) is 0 Å². The second kappa shape index (κ2) is 4.80. The molecule has 1 aromatic heterocycles. The van der Waals surface area contributed by atoms with Gasteiger partial charge in [-0.05, 0) is 30.0 Å². The number of halogens is 1. The molecule has 0 aliphatic heterocycles. The van der Waals surface area contributed by atoms with Crippen molar-refractivity contribution in [1.82, 2.24) is 15.2 Å². The van der Waals surface area contributed by atoms with E-state index in [-0.39, 0.29) is 0 Å². The summed E-state index contributed by atoms with van der Waals surface area (Å²) in [5.74, 6) is 1.05. The lowest BCUT2D eigenvalue weighted by Crippen LogP contribution is -1.96. The van der Waals surface area contributed by atoms with Gasteiger partial charge in [-0.2, -0.15) is 5.10 Å². The normalized spacial score (nSPS) is 10.9. The van der Waals surface area contributed by atoms with Crippen molar-refractivity contribution in [1.29, 1.82) is 0 Å². The van der Waals surface area contributed by atoms with Gasteiger partial charge in [-0.25, -0.2) is 4.98 Å². The molecule has 0 amide bonds. The van der Waals surface area contributed by atoms with Crippen molar-refractivity contribution in [2.75, 3.05) is 0 Å². The summed E-state index contributed by atoms with van der Waals surface area (Å²) >= 11 is 5.84. The van der Waals surface area contributed by atoms with E-state index in [2.05, 4.69) is 47.2 Å². The summed E-state index contributed by atoms with van der Waals surface area (Å²) in [6.45, 7) is 6.35. The monoisotopic (exact) mass is 247 g/mol.